The molecule has 1 saturated heterocycles. The Morgan fingerprint density at radius 3 is 2.19 bits per heavy atom. The summed E-state index contributed by atoms with van der Waals surface area (Å²) in [6.45, 7) is 6.90. The maximum absolute atomic E-state index is 14.4. The minimum atomic E-state index is -4.87. The molecule has 0 bridgehead atoms. The molecule has 0 unspecified atom stereocenters. The number of halogens is 6. The van der Waals surface area contributed by atoms with Gasteiger partial charge in [0, 0.05) is 29.7 Å². The highest BCUT2D eigenvalue weighted by Gasteiger charge is 2.32. The van der Waals surface area contributed by atoms with E-state index in [4.69, 9.17) is 27.9 Å². The first-order valence-electron chi connectivity index (χ1n) is 10.8. The summed E-state index contributed by atoms with van der Waals surface area (Å²) in [6.07, 6.45) is -3.12. The summed E-state index contributed by atoms with van der Waals surface area (Å²) in [4.78, 5) is 23.5. The van der Waals surface area contributed by atoms with E-state index in [1.165, 1.54) is 12.1 Å². The number of carbonyl (C=O) groups excluding carboxylic acids is 2. The predicted molar refractivity (Wildman–Crippen MR) is 126 cm³/mol. The summed E-state index contributed by atoms with van der Waals surface area (Å²) in [5.74, 6) is -1.57. The SMILES string of the molecule is CC(C)(C)OC=O.O=C(c1cc(Cl)c(COc2ccc(OC(F)(F)F)c(Cl)c2)cc1F)N1CCCC1. The van der Waals surface area contributed by atoms with Crippen molar-refractivity contribution in [2.75, 3.05) is 13.1 Å². The van der Waals surface area contributed by atoms with E-state index >= 15 is 0 Å². The molecule has 1 aliphatic heterocycles. The van der Waals surface area contributed by atoms with Crippen LogP contribution in [0.4, 0.5) is 17.6 Å². The quantitative estimate of drug-likeness (QED) is 0.290. The van der Waals surface area contributed by atoms with Crippen LogP contribution in [-0.4, -0.2) is 42.3 Å². The molecule has 6 nitrogen and oxygen atoms in total. The zero-order valence-electron chi connectivity index (χ0n) is 19.8. The first-order valence-corrected chi connectivity index (χ1v) is 11.5. The lowest BCUT2D eigenvalue weighted by Crippen LogP contribution is -2.28. The highest BCUT2D eigenvalue weighted by atomic mass is 35.5. The third-order valence-electron chi connectivity index (χ3n) is 4.68. The minimum absolute atomic E-state index is 0.114. The van der Waals surface area contributed by atoms with Crippen LogP contribution in [0.3, 0.4) is 0 Å². The van der Waals surface area contributed by atoms with Crippen molar-refractivity contribution in [2.45, 2.75) is 52.2 Å². The topological polar surface area (TPSA) is 65.1 Å². The van der Waals surface area contributed by atoms with Crippen molar-refractivity contribution in [1.82, 2.24) is 4.90 Å². The first kappa shape index (κ1) is 29.5. The molecule has 2 aromatic carbocycles. The summed E-state index contributed by atoms with van der Waals surface area (Å²) < 4.78 is 65.0. The molecule has 0 aliphatic carbocycles. The predicted octanol–water partition coefficient (Wildman–Crippen LogP) is 6.80. The number of rotatable bonds is 6. The largest absolute Gasteiger partial charge is 0.573 e. The number of carbonyl (C=O) groups is 2. The molecule has 0 spiro atoms. The van der Waals surface area contributed by atoms with Gasteiger partial charge in [-0.15, -0.1) is 13.2 Å². The van der Waals surface area contributed by atoms with E-state index in [2.05, 4.69) is 9.47 Å². The van der Waals surface area contributed by atoms with E-state index in [0.717, 1.165) is 31.0 Å². The van der Waals surface area contributed by atoms with Crippen LogP contribution >= 0.6 is 23.2 Å². The molecule has 3 rings (SSSR count). The molecule has 0 radical (unpaired) electrons. The maximum Gasteiger partial charge on any atom is 0.573 e. The smallest absolute Gasteiger partial charge is 0.489 e. The molecule has 0 saturated carbocycles. The van der Waals surface area contributed by atoms with Gasteiger partial charge >= 0.3 is 6.36 Å². The lowest BCUT2D eigenvalue weighted by molar-refractivity contribution is -0.274. The Balaban J connectivity index is 0.000000572. The van der Waals surface area contributed by atoms with E-state index in [0.29, 0.717) is 19.6 Å². The highest BCUT2D eigenvalue weighted by Crippen LogP contribution is 2.33. The monoisotopic (exact) mass is 553 g/mol. The fourth-order valence-corrected chi connectivity index (χ4v) is 3.46. The molecule has 12 heteroatoms. The van der Waals surface area contributed by atoms with Gasteiger partial charge in [-0.1, -0.05) is 23.2 Å². The maximum atomic E-state index is 14.4. The van der Waals surface area contributed by atoms with Crippen LogP contribution in [0.5, 0.6) is 11.5 Å². The summed E-state index contributed by atoms with van der Waals surface area (Å²) in [5.41, 5.74) is -0.159. The molecule has 36 heavy (non-hydrogen) atoms. The van der Waals surface area contributed by atoms with Crippen LogP contribution in [0.1, 0.15) is 49.5 Å². The van der Waals surface area contributed by atoms with E-state index < -0.39 is 23.8 Å². The average molecular weight is 554 g/mol. The lowest BCUT2D eigenvalue weighted by atomic mass is 10.1. The summed E-state index contributed by atoms with van der Waals surface area (Å²) in [5, 5.41) is -0.166. The lowest BCUT2D eigenvalue weighted by Gasteiger charge is -2.17. The molecule has 0 aromatic heterocycles. The number of hydrogen-bond donors (Lipinski definition) is 0. The van der Waals surface area contributed by atoms with Crippen molar-refractivity contribution < 1.29 is 41.4 Å². The third-order valence-corrected chi connectivity index (χ3v) is 5.33. The zero-order chi connectivity index (χ0) is 27.1. The number of hydrogen-bond acceptors (Lipinski definition) is 5. The second-order valence-electron chi connectivity index (χ2n) is 8.68. The van der Waals surface area contributed by atoms with Gasteiger partial charge in [-0.25, -0.2) is 4.39 Å². The highest BCUT2D eigenvalue weighted by molar-refractivity contribution is 6.32. The third kappa shape index (κ3) is 9.39. The Kier molecular flexibility index (Phi) is 10.2. The Morgan fingerprint density at radius 2 is 1.69 bits per heavy atom. The molecule has 2 aromatic rings. The summed E-state index contributed by atoms with van der Waals surface area (Å²) in [6, 6.07) is 5.73. The number of alkyl halides is 3. The van der Waals surface area contributed by atoms with Gasteiger partial charge < -0.3 is 19.1 Å². The van der Waals surface area contributed by atoms with E-state index in [-0.39, 0.29) is 39.1 Å². The van der Waals surface area contributed by atoms with Crippen LogP contribution in [-0.2, 0) is 16.1 Å². The van der Waals surface area contributed by atoms with Crippen LogP contribution in [0.2, 0.25) is 10.0 Å². The summed E-state index contributed by atoms with van der Waals surface area (Å²) >= 11 is 11.9. The van der Waals surface area contributed by atoms with E-state index in [9.17, 15) is 27.2 Å². The molecule has 1 aliphatic rings. The number of nitrogens with zero attached hydrogens (tertiary/aromatic N) is 1. The van der Waals surface area contributed by atoms with Gasteiger partial charge in [-0.2, -0.15) is 0 Å². The normalized spacial score (nSPS) is 13.5. The van der Waals surface area contributed by atoms with Gasteiger partial charge in [0.1, 0.15) is 29.5 Å². The van der Waals surface area contributed by atoms with Crippen molar-refractivity contribution in [1.29, 1.82) is 0 Å². The number of amides is 1. The van der Waals surface area contributed by atoms with Gasteiger partial charge in [-0.3, -0.25) is 9.59 Å². The molecular weight excluding hydrogens is 529 g/mol. The van der Waals surface area contributed by atoms with Crippen LogP contribution in [0, 0.1) is 5.82 Å². The van der Waals surface area contributed by atoms with Crippen molar-refractivity contribution in [2.24, 2.45) is 0 Å². The van der Waals surface area contributed by atoms with Gasteiger partial charge in [0.05, 0.1) is 10.6 Å². The standard InChI is InChI=1S/C19H15Cl2F4NO3.C5H10O2/c20-14-9-13(18(27)26-5-1-2-6-26)16(22)7-11(14)10-28-12-3-4-17(15(21)8-12)29-19(23,24)25;1-5(2,3)7-4-6/h3-4,7-9H,1-2,5-6,10H2;4H,1-3H3. The van der Waals surface area contributed by atoms with Crippen molar-refractivity contribution >= 4 is 35.6 Å². The average Bonchev–Trinajstić information content (AvgIpc) is 3.29. The molecule has 198 valence electrons. The molecule has 1 amide bonds. The van der Waals surface area contributed by atoms with Crippen LogP contribution < -0.4 is 9.47 Å². The fraction of sp³-hybridized carbons (Fsp3) is 0.417. The van der Waals surface area contributed by atoms with Gasteiger partial charge in [-0.05, 0) is 57.9 Å². The minimum Gasteiger partial charge on any atom is -0.489 e. The number of likely N-dealkylation sites (tertiary alicyclic amines) is 1. The van der Waals surface area contributed by atoms with Crippen LogP contribution in [0.25, 0.3) is 0 Å². The van der Waals surface area contributed by atoms with Gasteiger partial charge in [0.2, 0.25) is 0 Å². The Morgan fingerprint density at radius 1 is 1.06 bits per heavy atom. The Labute approximate surface area is 216 Å². The van der Waals surface area contributed by atoms with Gasteiger partial charge in [0.15, 0.2) is 0 Å². The number of ether oxygens (including phenoxy) is 3. The van der Waals surface area contributed by atoms with E-state index in [1.54, 1.807) is 4.90 Å². The Bertz CT molecular complexity index is 1070. The van der Waals surface area contributed by atoms with Crippen molar-refractivity contribution in [3.8, 4) is 11.5 Å². The van der Waals surface area contributed by atoms with Crippen molar-refractivity contribution in [3.05, 3.63) is 57.3 Å². The van der Waals surface area contributed by atoms with Crippen molar-refractivity contribution in [3.63, 3.8) is 0 Å². The molecular formula is C24H25Cl2F4NO5. The first-order chi connectivity index (χ1) is 16.7. The van der Waals surface area contributed by atoms with Crippen LogP contribution in [0.15, 0.2) is 30.3 Å². The second-order valence-corrected chi connectivity index (χ2v) is 9.49. The number of benzene rings is 2. The Hall–Kier alpha value is -2.72. The molecule has 0 atom stereocenters. The van der Waals surface area contributed by atoms with Gasteiger partial charge in [0.25, 0.3) is 12.4 Å². The second kappa shape index (κ2) is 12.5. The summed E-state index contributed by atoms with van der Waals surface area (Å²) in [7, 11) is 0. The molecule has 1 heterocycles. The molecule has 1 fully saturated rings. The zero-order valence-corrected chi connectivity index (χ0v) is 21.3. The van der Waals surface area contributed by atoms with E-state index in [1.807, 2.05) is 20.8 Å². The molecule has 0 N–H and O–H groups in total. The fourth-order valence-electron chi connectivity index (χ4n) is 3.04.